The van der Waals surface area contributed by atoms with Crippen LogP contribution in [0.15, 0.2) is 12.1 Å². The average Bonchev–Trinajstić information content (AvgIpc) is 2.11. The number of esters is 1. The third-order valence-corrected chi connectivity index (χ3v) is 2.97. The molecule has 0 atom stereocenters. The topological polar surface area (TPSA) is 26.3 Å². The van der Waals surface area contributed by atoms with Crippen molar-refractivity contribution in [3.8, 4) is 0 Å². The lowest BCUT2D eigenvalue weighted by molar-refractivity contribution is 0.0525. The minimum absolute atomic E-state index is 0.236. The van der Waals surface area contributed by atoms with Crippen molar-refractivity contribution in [2.75, 3.05) is 6.61 Å². The van der Waals surface area contributed by atoms with E-state index < -0.39 is 0 Å². The van der Waals surface area contributed by atoms with Gasteiger partial charge in [-0.1, -0.05) is 0 Å². The molecule has 0 fully saturated rings. The maximum Gasteiger partial charge on any atom is 0.339 e. The summed E-state index contributed by atoms with van der Waals surface area (Å²) in [5, 5.41) is 0. The molecular formula is C11H13IO2. The normalized spacial score (nSPS) is 10.0. The van der Waals surface area contributed by atoms with E-state index in [0.29, 0.717) is 12.2 Å². The van der Waals surface area contributed by atoms with E-state index in [9.17, 15) is 4.79 Å². The largest absolute Gasteiger partial charge is 0.462 e. The standard InChI is InChI=1S/C11H13IO2/c1-4-14-11(13)9-5-7(2)8(3)6-10(9)12/h5-6H,4H2,1-3H3. The van der Waals surface area contributed by atoms with Crippen LogP contribution < -0.4 is 0 Å². The summed E-state index contributed by atoms with van der Waals surface area (Å²) in [7, 11) is 0. The zero-order valence-electron chi connectivity index (χ0n) is 8.56. The zero-order chi connectivity index (χ0) is 10.7. The van der Waals surface area contributed by atoms with Gasteiger partial charge in [-0.2, -0.15) is 0 Å². The van der Waals surface area contributed by atoms with Gasteiger partial charge in [-0.3, -0.25) is 0 Å². The molecule has 0 unspecified atom stereocenters. The Morgan fingerprint density at radius 2 is 1.93 bits per heavy atom. The second-order valence-electron chi connectivity index (χ2n) is 3.14. The molecular weight excluding hydrogens is 291 g/mol. The lowest BCUT2D eigenvalue weighted by Gasteiger charge is -2.07. The molecule has 0 spiro atoms. The second-order valence-corrected chi connectivity index (χ2v) is 4.30. The molecule has 76 valence electrons. The molecule has 1 aromatic carbocycles. The Morgan fingerprint density at radius 3 is 2.50 bits per heavy atom. The number of hydrogen-bond acceptors (Lipinski definition) is 2. The minimum Gasteiger partial charge on any atom is -0.462 e. The van der Waals surface area contributed by atoms with Crippen LogP contribution in [0, 0.1) is 17.4 Å². The molecule has 0 heterocycles. The summed E-state index contributed by atoms with van der Waals surface area (Å²) < 4.78 is 5.91. The second kappa shape index (κ2) is 4.77. The molecule has 2 nitrogen and oxygen atoms in total. The molecule has 0 saturated heterocycles. The maximum absolute atomic E-state index is 11.5. The fraction of sp³-hybridized carbons (Fsp3) is 0.364. The molecule has 0 saturated carbocycles. The Kier molecular flexibility index (Phi) is 3.92. The first-order chi connectivity index (χ1) is 6.56. The highest BCUT2D eigenvalue weighted by Crippen LogP contribution is 2.18. The molecule has 0 aliphatic heterocycles. The quantitative estimate of drug-likeness (QED) is 0.620. The van der Waals surface area contributed by atoms with Gasteiger partial charge < -0.3 is 4.74 Å². The highest BCUT2D eigenvalue weighted by Gasteiger charge is 2.11. The number of aryl methyl sites for hydroxylation is 2. The highest BCUT2D eigenvalue weighted by atomic mass is 127. The van der Waals surface area contributed by atoms with Gasteiger partial charge in [-0.15, -0.1) is 0 Å². The fourth-order valence-electron chi connectivity index (χ4n) is 1.15. The zero-order valence-corrected chi connectivity index (χ0v) is 10.7. The number of carbonyl (C=O) groups excluding carboxylic acids is 1. The van der Waals surface area contributed by atoms with Crippen LogP contribution in [0.5, 0.6) is 0 Å². The molecule has 0 aromatic heterocycles. The van der Waals surface area contributed by atoms with Crippen LogP contribution in [0.3, 0.4) is 0 Å². The summed E-state index contributed by atoms with van der Waals surface area (Å²) in [4.78, 5) is 11.5. The van der Waals surface area contributed by atoms with Crippen LogP contribution in [-0.4, -0.2) is 12.6 Å². The van der Waals surface area contributed by atoms with Crippen molar-refractivity contribution in [3.63, 3.8) is 0 Å². The van der Waals surface area contributed by atoms with Crippen molar-refractivity contribution in [3.05, 3.63) is 32.4 Å². The lowest BCUT2D eigenvalue weighted by Crippen LogP contribution is -2.07. The van der Waals surface area contributed by atoms with E-state index in [-0.39, 0.29) is 5.97 Å². The molecule has 14 heavy (non-hydrogen) atoms. The molecule has 0 N–H and O–H groups in total. The predicted molar refractivity (Wildman–Crippen MR) is 64.6 cm³/mol. The molecule has 3 heteroatoms. The molecule has 1 rings (SSSR count). The third kappa shape index (κ3) is 2.47. The van der Waals surface area contributed by atoms with Crippen molar-refractivity contribution in [1.82, 2.24) is 0 Å². The van der Waals surface area contributed by atoms with E-state index in [1.165, 1.54) is 5.56 Å². The summed E-state index contributed by atoms with van der Waals surface area (Å²) in [6.45, 7) is 6.26. The number of rotatable bonds is 2. The van der Waals surface area contributed by atoms with Gasteiger partial charge in [0, 0.05) is 3.57 Å². The van der Waals surface area contributed by atoms with Crippen LogP contribution >= 0.6 is 22.6 Å². The van der Waals surface area contributed by atoms with E-state index in [0.717, 1.165) is 9.13 Å². The van der Waals surface area contributed by atoms with Crippen molar-refractivity contribution in [2.24, 2.45) is 0 Å². The molecule has 0 radical (unpaired) electrons. The van der Waals surface area contributed by atoms with E-state index in [1.807, 2.05) is 32.9 Å². The summed E-state index contributed by atoms with van der Waals surface area (Å²) in [5.74, 6) is -0.236. The smallest absolute Gasteiger partial charge is 0.339 e. The molecule has 0 bridgehead atoms. The molecule has 0 aliphatic rings. The first-order valence-electron chi connectivity index (χ1n) is 4.50. The number of hydrogen-bond donors (Lipinski definition) is 0. The molecule has 0 amide bonds. The minimum atomic E-state index is -0.236. The van der Waals surface area contributed by atoms with Gasteiger partial charge in [0.25, 0.3) is 0 Å². The number of ether oxygens (including phenoxy) is 1. The fourth-order valence-corrected chi connectivity index (χ4v) is 1.99. The van der Waals surface area contributed by atoms with Gasteiger partial charge in [-0.05, 0) is 66.6 Å². The summed E-state index contributed by atoms with van der Waals surface area (Å²) >= 11 is 2.16. The van der Waals surface area contributed by atoms with Crippen LogP contribution in [0.25, 0.3) is 0 Å². The SMILES string of the molecule is CCOC(=O)c1cc(C)c(C)cc1I. The first kappa shape index (κ1) is 11.5. The number of halogens is 1. The number of benzene rings is 1. The Hall–Kier alpha value is -0.580. The first-order valence-corrected chi connectivity index (χ1v) is 5.58. The molecule has 1 aromatic rings. The Morgan fingerprint density at radius 1 is 1.36 bits per heavy atom. The van der Waals surface area contributed by atoms with Crippen molar-refractivity contribution in [1.29, 1.82) is 0 Å². The van der Waals surface area contributed by atoms with E-state index in [2.05, 4.69) is 22.6 Å². The highest BCUT2D eigenvalue weighted by molar-refractivity contribution is 14.1. The van der Waals surface area contributed by atoms with Gasteiger partial charge in [-0.25, -0.2) is 4.79 Å². The van der Waals surface area contributed by atoms with Gasteiger partial charge in [0.15, 0.2) is 0 Å². The van der Waals surface area contributed by atoms with Gasteiger partial charge in [0.05, 0.1) is 12.2 Å². The monoisotopic (exact) mass is 304 g/mol. The third-order valence-electron chi connectivity index (χ3n) is 2.08. The van der Waals surface area contributed by atoms with Crippen molar-refractivity contribution >= 4 is 28.6 Å². The Bertz CT molecular complexity index is 359. The number of carbonyl (C=O) groups is 1. The maximum atomic E-state index is 11.5. The van der Waals surface area contributed by atoms with Crippen LogP contribution in [0.1, 0.15) is 28.4 Å². The lowest BCUT2D eigenvalue weighted by atomic mass is 10.1. The van der Waals surface area contributed by atoms with Crippen molar-refractivity contribution < 1.29 is 9.53 Å². The van der Waals surface area contributed by atoms with Crippen LogP contribution in [0.2, 0.25) is 0 Å². The van der Waals surface area contributed by atoms with Crippen LogP contribution in [0.4, 0.5) is 0 Å². The Labute approximate surface area is 97.8 Å². The van der Waals surface area contributed by atoms with E-state index in [1.54, 1.807) is 0 Å². The summed E-state index contributed by atoms with van der Waals surface area (Å²) in [6.07, 6.45) is 0. The van der Waals surface area contributed by atoms with Crippen LogP contribution in [-0.2, 0) is 4.74 Å². The van der Waals surface area contributed by atoms with Gasteiger partial charge in [0.1, 0.15) is 0 Å². The van der Waals surface area contributed by atoms with Crippen molar-refractivity contribution in [2.45, 2.75) is 20.8 Å². The molecule has 0 aliphatic carbocycles. The average molecular weight is 304 g/mol. The van der Waals surface area contributed by atoms with Gasteiger partial charge >= 0.3 is 5.97 Å². The van der Waals surface area contributed by atoms with E-state index >= 15 is 0 Å². The van der Waals surface area contributed by atoms with E-state index in [4.69, 9.17) is 4.74 Å². The van der Waals surface area contributed by atoms with Gasteiger partial charge in [0.2, 0.25) is 0 Å². The summed E-state index contributed by atoms with van der Waals surface area (Å²) in [6, 6.07) is 3.89. The summed E-state index contributed by atoms with van der Waals surface area (Å²) in [5.41, 5.74) is 2.98. The predicted octanol–water partition coefficient (Wildman–Crippen LogP) is 3.08. The Balaban J connectivity index is 3.09.